The second-order valence-electron chi connectivity index (χ2n) is 5.11. The van der Waals surface area contributed by atoms with Gasteiger partial charge in [0.15, 0.2) is 0 Å². The average Bonchev–Trinajstić information content (AvgIpc) is 2.96. The molecule has 0 unspecified atom stereocenters. The molecule has 3 aromatic rings. The quantitative estimate of drug-likeness (QED) is 0.724. The first kappa shape index (κ1) is 14.5. The molecule has 0 aliphatic rings. The summed E-state index contributed by atoms with van der Waals surface area (Å²) >= 11 is 0. The van der Waals surface area contributed by atoms with Crippen molar-refractivity contribution in [3.05, 3.63) is 65.6 Å². The summed E-state index contributed by atoms with van der Waals surface area (Å²) in [4.78, 5) is 18.0. The van der Waals surface area contributed by atoms with Gasteiger partial charge in [0, 0.05) is 35.1 Å². The highest BCUT2D eigenvalue weighted by atomic mass is 16.4. The molecule has 5 nitrogen and oxygen atoms in total. The Morgan fingerprint density at radius 2 is 2.26 bits per heavy atom. The van der Waals surface area contributed by atoms with Gasteiger partial charge >= 0.3 is 5.97 Å². The van der Waals surface area contributed by atoms with E-state index < -0.39 is 5.97 Å². The molecule has 0 aliphatic carbocycles. The fraction of sp³-hybridized carbons (Fsp3) is 0.0556. The smallest absolute Gasteiger partial charge is 0.307 e. The van der Waals surface area contributed by atoms with E-state index in [0.717, 1.165) is 22.0 Å². The van der Waals surface area contributed by atoms with Crippen molar-refractivity contribution in [1.29, 1.82) is 5.26 Å². The summed E-state index contributed by atoms with van der Waals surface area (Å²) in [7, 11) is 0. The highest BCUT2D eigenvalue weighted by Crippen LogP contribution is 2.27. The molecule has 3 rings (SSSR count). The standard InChI is InChI=1S/C18H13N3O2/c19-9-14(6-13-2-1-5-20-10-13)16-11-21-17-4-3-12(7-15(16)17)8-18(22)23/h1-7,10-11,21H,8H2,(H,22,23)/b14-6+. The van der Waals surface area contributed by atoms with E-state index in [-0.39, 0.29) is 6.42 Å². The van der Waals surface area contributed by atoms with Crippen LogP contribution in [-0.4, -0.2) is 21.0 Å². The van der Waals surface area contributed by atoms with Crippen molar-refractivity contribution in [3.8, 4) is 6.07 Å². The molecule has 2 heterocycles. The third kappa shape index (κ3) is 3.11. The number of carboxylic acid groups (broad SMARTS) is 1. The molecule has 0 saturated carbocycles. The molecule has 5 heteroatoms. The number of fused-ring (bicyclic) bond motifs is 1. The Morgan fingerprint density at radius 1 is 1.39 bits per heavy atom. The van der Waals surface area contributed by atoms with Crippen LogP contribution in [0.3, 0.4) is 0 Å². The van der Waals surface area contributed by atoms with Crippen molar-refractivity contribution in [2.75, 3.05) is 0 Å². The number of aromatic amines is 1. The van der Waals surface area contributed by atoms with Gasteiger partial charge in [-0.25, -0.2) is 0 Å². The van der Waals surface area contributed by atoms with Crippen LogP contribution in [-0.2, 0) is 11.2 Å². The molecule has 0 spiro atoms. The normalized spacial score (nSPS) is 11.3. The minimum Gasteiger partial charge on any atom is -0.481 e. The van der Waals surface area contributed by atoms with Crippen molar-refractivity contribution in [2.45, 2.75) is 6.42 Å². The summed E-state index contributed by atoms with van der Waals surface area (Å²) in [6.45, 7) is 0. The molecule has 0 saturated heterocycles. The van der Waals surface area contributed by atoms with Gasteiger partial charge in [-0.3, -0.25) is 9.78 Å². The predicted molar refractivity (Wildman–Crippen MR) is 87.4 cm³/mol. The molecule has 0 radical (unpaired) electrons. The molecular weight excluding hydrogens is 290 g/mol. The number of hydrogen-bond donors (Lipinski definition) is 2. The first-order valence-corrected chi connectivity index (χ1v) is 7.01. The van der Waals surface area contributed by atoms with Crippen LogP contribution in [0, 0.1) is 11.3 Å². The maximum atomic E-state index is 10.9. The molecule has 1 aromatic carbocycles. The van der Waals surface area contributed by atoms with Gasteiger partial charge in [0.2, 0.25) is 0 Å². The fourth-order valence-electron chi connectivity index (χ4n) is 2.47. The largest absolute Gasteiger partial charge is 0.481 e. The minimum atomic E-state index is -0.882. The van der Waals surface area contributed by atoms with Crippen LogP contribution in [0.5, 0.6) is 0 Å². The molecule has 2 aromatic heterocycles. The fourth-order valence-corrected chi connectivity index (χ4v) is 2.47. The van der Waals surface area contributed by atoms with E-state index in [9.17, 15) is 10.1 Å². The minimum absolute atomic E-state index is 0.0469. The SMILES string of the molecule is N#C/C(=C\c1cccnc1)c1c[nH]c2ccc(CC(=O)O)cc12. The Kier molecular flexibility index (Phi) is 3.89. The molecule has 0 amide bonds. The number of allylic oxidation sites excluding steroid dienone is 1. The monoisotopic (exact) mass is 303 g/mol. The van der Waals surface area contributed by atoms with E-state index in [1.807, 2.05) is 18.2 Å². The molecule has 2 N–H and O–H groups in total. The zero-order chi connectivity index (χ0) is 16.2. The topological polar surface area (TPSA) is 89.8 Å². The second-order valence-corrected chi connectivity index (χ2v) is 5.11. The lowest BCUT2D eigenvalue weighted by molar-refractivity contribution is -0.136. The number of carboxylic acids is 1. The van der Waals surface area contributed by atoms with Crippen molar-refractivity contribution in [1.82, 2.24) is 9.97 Å². The van der Waals surface area contributed by atoms with Gasteiger partial charge in [-0.05, 0) is 35.4 Å². The molecule has 0 fully saturated rings. The van der Waals surface area contributed by atoms with E-state index >= 15 is 0 Å². The summed E-state index contributed by atoms with van der Waals surface area (Å²) in [5, 5.41) is 19.3. The third-order valence-corrected chi connectivity index (χ3v) is 3.51. The molecule has 0 bridgehead atoms. The van der Waals surface area contributed by atoms with Crippen LogP contribution in [0.2, 0.25) is 0 Å². The first-order chi connectivity index (χ1) is 11.2. The number of carbonyl (C=O) groups is 1. The van der Waals surface area contributed by atoms with Crippen LogP contribution in [0.4, 0.5) is 0 Å². The number of pyridine rings is 1. The number of H-pyrrole nitrogens is 1. The van der Waals surface area contributed by atoms with Gasteiger partial charge in [-0.2, -0.15) is 5.26 Å². The van der Waals surface area contributed by atoms with Gasteiger partial charge in [-0.1, -0.05) is 12.1 Å². The molecule has 112 valence electrons. The Hall–Kier alpha value is -3.39. The van der Waals surface area contributed by atoms with Crippen LogP contribution in [0.1, 0.15) is 16.7 Å². The van der Waals surface area contributed by atoms with Crippen LogP contribution in [0.15, 0.2) is 48.9 Å². The number of nitriles is 1. The van der Waals surface area contributed by atoms with Crippen LogP contribution < -0.4 is 0 Å². The van der Waals surface area contributed by atoms with Crippen molar-refractivity contribution in [3.63, 3.8) is 0 Å². The van der Waals surface area contributed by atoms with Gasteiger partial charge < -0.3 is 10.1 Å². The van der Waals surface area contributed by atoms with E-state index in [0.29, 0.717) is 11.1 Å². The molecular formula is C18H13N3O2. The lowest BCUT2D eigenvalue weighted by Crippen LogP contribution is -1.99. The number of nitrogens with zero attached hydrogens (tertiary/aromatic N) is 2. The second kappa shape index (κ2) is 6.16. The molecule has 23 heavy (non-hydrogen) atoms. The zero-order valence-electron chi connectivity index (χ0n) is 12.2. The van der Waals surface area contributed by atoms with Gasteiger partial charge in [0.25, 0.3) is 0 Å². The number of hydrogen-bond acceptors (Lipinski definition) is 3. The van der Waals surface area contributed by atoms with Gasteiger partial charge in [0.05, 0.1) is 18.1 Å². The first-order valence-electron chi connectivity index (χ1n) is 7.01. The van der Waals surface area contributed by atoms with Crippen LogP contribution >= 0.6 is 0 Å². The van der Waals surface area contributed by atoms with Crippen molar-refractivity contribution in [2.24, 2.45) is 0 Å². The Bertz CT molecular complexity index is 934. The third-order valence-electron chi connectivity index (χ3n) is 3.51. The Morgan fingerprint density at radius 3 is 2.96 bits per heavy atom. The van der Waals surface area contributed by atoms with E-state index in [1.54, 1.807) is 36.8 Å². The van der Waals surface area contributed by atoms with Crippen molar-refractivity contribution >= 4 is 28.5 Å². The van der Waals surface area contributed by atoms with Crippen LogP contribution in [0.25, 0.3) is 22.6 Å². The van der Waals surface area contributed by atoms with E-state index in [2.05, 4.69) is 16.0 Å². The Balaban J connectivity index is 2.09. The number of aliphatic carboxylic acids is 1. The summed E-state index contributed by atoms with van der Waals surface area (Å²) in [5.74, 6) is -0.882. The Labute approximate surface area is 132 Å². The van der Waals surface area contributed by atoms with Gasteiger partial charge in [-0.15, -0.1) is 0 Å². The van der Waals surface area contributed by atoms with Gasteiger partial charge in [0.1, 0.15) is 0 Å². The maximum absolute atomic E-state index is 10.9. The lowest BCUT2D eigenvalue weighted by Gasteiger charge is -2.01. The van der Waals surface area contributed by atoms with E-state index in [4.69, 9.17) is 5.11 Å². The number of rotatable bonds is 4. The lowest BCUT2D eigenvalue weighted by atomic mass is 10.0. The maximum Gasteiger partial charge on any atom is 0.307 e. The van der Waals surface area contributed by atoms with E-state index in [1.165, 1.54) is 0 Å². The highest BCUT2D eigenvalue weighted by molar-refractivity contribution is 6.01. The summed E-state index contributed by atoms with van der Waals surface area (Å²) in [6.07, 6.45) is 6.84. The number of aromatic nitrogens is 2. The summed E-state index contributed by atoms with van der Waals surface area (Å²) in [5.41, 5.74) is 3.64. The molecule has 0 atom stereocenters. The summed E-state index contributed by atoms with van der Waals surface area (Å²) < 4.78 is 0. The number of nitrogens with one attached hydrogen (secondary N) is 1. The summed E-state index contributed by atoms with van der Waals surface area (Å²) in [6, 6.07) is 11.3. The highest BCUT2D eigenvalue weighted by Gasteiger charge is 2.10. The average molecular weight is 303 g/mol. The predicted octanol–water partition coefficient (Wildman–Crippen LogP) is 3.25. The number of benzene rings is 1. The zero-order valence-corrected chi connectivity index (χ0v) is 12.2. The molecule has 0 aliphatic heterocycles. The van der Waals surface area contributed by atoms with Crippen molar-refractivity contribution < 1.29 is 9.90 Å².